The largest absolute Gasteiger partial charge is 0.481 e. The molecule has 11 heteroatoms. The zero-order valence-corrected chi connectivity index (χ0v) is 22.6. The zero-order chi connectivity index (χ0) is 25.8. The van der Waals surface area contributed by atoms with E-state index in [1.165, 1.54) is 52.4 Å². The van der Waals surface area contributed by atoms with Crippen LogP contribution in [0, 0.1) is 19.7 Å². The number of aromatic nitrogens is 4. The summed E-state index contributed by atoms with van der Waals surface area (Å²) < 4.78 is 21.1. The fraction of sp³-hybridized carbons (Fsp3) is 0.280. The third-order valence-electron chi connectivity index (χ3n) is 5.51. The summed E-state index contributed by atoms with van der Waals surface area (Å²) in [4.78, 5) is 17.1. The van der Waals surface area contributed by atoms with Crippen molar-refractivity contribution in [2.45, 2.75) is 45.5 Å². The molecule has 0 radical (unpaired) electrons. The van der Waals surface area contributed by atoms with Gasteiger partial charge in [0.1, 0.15) is 11.6 Å². The fourth-order valence-corrected chi connectivity index (χ4v) is 5.23. The van der Waals surface area contributed by atoms with E-state index in [1.807, 2.05) is 29.9 Å². The first kappa shape index (κ1) is 26.1. The van der Waals surface area contributed by atoms with Gasteiger partial charge in [-0.05, 0) is 63.1 Å². The van der Waals surface area contributed by atoms with Crippen LogP contribution in [0.4, 0.5) is 9.52 Å². The summed E-state index contributed by atoms with van der Waals surface area (Å²) in [6.07, 6.45) is -0.484. The number of nitrogens with zero attached hydrogens (tertiary/aromatic N) is 4. The normalized spacial score (nSPS) is 11.9. The van der Waals surface area contributed by atoms with Crippen molar-refractivity contribution in [3.63, 3.8) is 0 Å². The van der Waals surface area contributed by atoms with E-state index in [2.05, 4.69) is 46.5 Å². The van der Waals surface area contributed by atoms with Gasteiger partial charge in [0, 0.05) is 17.5 Å². The number of hydrogen-bond donors (Lipinski definition) is 1. The van der Waals surface area contributed by atoms with Crippen molar-refractivity contribution in [3.8, 4) is 17.0 Å². The molecule has 0 spiro atoms. The van der Waals surface area contributed by atoms with E-state index >= 15 is 0 Å². The van der Waals surface area contributed by atoms with E-state index in [0.717, 1.165) is 11.3 Å². The number of thiazole rings is 1. The van der Waals surface area contributed by atoms with E-state index in [-0.39, 0.29) is 16.7 Å². The molecule has 0 aliphatic heterocycles. The highest BCUT2D eigenvalue weighted by Crippen LogP contribution is 2.31. The summed E-state index contributed by atoms with van der Waals surface area (Å²) in [5.41, 5.74) is 4.27. The van der Waals surface area contributed by atoms with Crippen molar-refractivity contribution in [1.29, 1.82) is 0 Å². The molecule has 2 aromatic carbocycles. The minimum Gasteiger partial charge on any atom is -0.481 e. The lowest BCUT2D eigenvalue weighted by atomic mass is 10.1. The van der Waals surface area contributed by atoms with Crippen molar-refractivity contribution in [3.05, 3.63) is 69.6 Å². The molecule has 36 heavy (non-hydrogen) atoms. The topological polar surface area (TPSA) is 81.9 Å². The highest BCUT2D eigenvalue weighted by atomic mass is 35.5. The lowest BCUT2D eigenvalue weighted by molar-refractivity contribution is -0.113. The predicted octanol–water partition coefficient (Wildman–Crippen LogP) is 6.70. The average Bonchev–Trinajstić information content (AvgIpc) is 3.48. The molecule has 2 heterocycles. The highest BCUT2D eigenvalue weighted by Gasteiger charge is 2.20. The molecule has 188 valence electrons. The molecule has 0 saturated carbocycles. The molecule has 1 unspecified atom stereocenters. The van der Waals surface area contributed by atoms with Gasteiger partial charge in [0.05, 0.1) is 16.5 Å². The van der Waals surface area contributed by atoms with Crippen LogP contribution in [0.2, 0.25) is 5.02 Å². The fourth-order valence-electron chi connectivity index (χ4n) is 3.47. The first-order valence-corrected chi connectivity index (χ1v) is 13.5. The standard InChI is InChI=1S/C25H25ClFN5O2S2/c1-5-32-23(16(4)34-21-9-8-18(27)11-19(21)26)30-31-25(32)36-13-22(33)29-24-28-20(12-35-24)17-7-6-14(2)15(3)10-17/h6-12,16H,5,13H2,1-4H3,(H,28,29,33). The zero-order valence-electron chi connectivity index (χ0n) is 20.2. The summed E-state index contributed by atoms with van der Waals surface area (Å²) in [5, 5.41) is 14.6. The van der Waals surface area contributed by atoms with Crippen LogP contribution in [-0.2, 0) is 11.3 Å². The number of nitrogens with one attached hydrogen (secondary N) is 1. The van der Waals surface area contributed by atoms with Crippen molar-refractivity contribution in [2.75, 3.05) is 11.1 Å². The summed E-state index contributed by atoms with van der Waals surface area (Å²) >= 11 is 8.74. The van der Waals surface area contributed by atoms with Crippen LogP contribution in [0.1, 0.15) is 36.9 Å². The number of thioether (sulfide) groups is 1. The molecule has 7 nitrogen and oxygen atoms in total. The van der Waals surface area contributed by atoms with Gasteiger partial charge in [-0.1, -0.05) is 35.5 Å². The minimum absolute atomic E-state index is 0.149. The van der Waals surface area contributed by atoms with Gasteiger partial charge in [-0.15, -0.1) is 21.5 Å². The van der Waals surface area contributed by atoms with Gasteiger partial charge in [-0.3, -0.25) is 4.79 Å². The Labute approximate surface area is 222 Å². The third-order valence-corrected chi connectivity index (χ3v) is 7.53. The predicted molar refractivity (Wildman–Crippen MR) is 143 cm³/mol. The maximum absolute atomic E-state index is 13.3. The molecule has 0 aliphatic carbocycles. The number of carbonyl (C=O) groups excluding carboxylic acids is 1. The number of halogens is 2. The monoisotopic (exact) mass is 545 g/mol. The number of hydrogen-bond acceptors (Lipinski definition) is 7. The first-order valence-electron chi connectivity index (χ1n) is 11.3. The van der Waals surface area contributed by atoms with Gasteiger partial charge in [0.2, 0.25) is 5.91 Å². The van der Waals surface area contributed by atoms with Gasteiger partial charge in [0.15, 0.2) is 22.2 Å². The molecule has 4 rings (SSSR count). The van der Waals surface area contributed by atoms with Crippen LogP contribution in [0.15, 0.2) is 46.9 Å². The molecule has 0 saturated heterocycles. The second kappa shape index (κ2) is 11.4. The lowest BCUT2D eigenvalue weighted by Gasteiger charge is -2.16. The smallest absolute Gasteiger partial charge is 0.236 e. The van der Waals surface area contributed by atoms with Crippen LogP contribution in [-0.4, -0.2) is 31.4 Å². The summed E-state index contributed by atoms with van der Waals surface area (Å²) in [5.74, 6) is 0.464. The van der Waals surface area contributed by atoms with Gasteiger partial charge in [0.25, 0.3) is 0 Å². The summed E-state index contributed by atoms with van der Waals surface area (Å²) in [6, 6.07) is 10.1. The minimum atomic E-state index is -0.484. The van der Waals surface area contributed by atoms with E-state index in [4.69, 9.17) is 16.3 Å². The molecule has 0 aliphatic rings. The van der Waals surface area contributed by atoms with Crippen molar-refractivity contribution >= 4 is 45.7 Å². The summed E-state index contributed by atoms with van der Waals surface area (Å²) in [7, 11) is 0. The Balaban J connectivity index is 1.37. The van der Waals surface area contributed by atoms with Crippen molar-refractivity contribution < 1.29 is 13.9 Å². The first-order chi connectivity index (χ1) is 17.2. The maximum Gasteiger partial charge on any atom is 0.236 e. The highest BCUT2D eigenvalue weighted by molar-refractivity contribution is 7.99. The van der Waals surface area contributed by atoms with Crippen LogP contribution in [0.5, 0.6) is 5.75 Å². The number of amides is 1. The SMILES string of the molecule is CCn1c(SCC(=O)Nc2nc(-c3ccc(C)c(C)c3)cs2)nnc1C(C)Oc1ccc(F)cc1Cl. The molecule has 0 fully saturated rings. The molecule has 0 bridgehead atoms. The van der Waals surface area contributed by atoms with Crippen LogP contribution in [0.3, 0.4) is 0 Å². The van der Waals surface area contributed by atoms with Crippen LogP contribution < -0.4 is 10.1 Å². The molecule has 4 aromatic rings. The van der Waals surface area contributed by atoms with Gasteiger partial charge < -0.3 is 14.6 Å². The Morgan fingerprint density at radius 1 is 1.22 bits per heavy atom. The van der Waals surface area contributed by atoms with E-state index in [9.17, 15) is 9.18 Å². The lowest BCUT2D eigenvalue weighted by Crippen LogP contribution is -2.15. The van der Waals surface area contributed by atoms with Crippen molar-refractivity contribution in [2.24, 2.45) is 0 Å². The number of ether oxygens (including phenoxy) is 1. The van der Waals surface area contributed by atoms with E-state index in [1.54, 1.807) is 0 Å². The maximum atomic E-state index is 13.3. The molecule has 1 atom stereocenters. The van der Waals surface area contributed by atoms with E-state index < -0.39 is 11.9 Å². The second-order valence-corrected chi connectivity index (χ2v) is 10.3. The molecule has 2 aromatic heterocycles. The summed E-state index contributed by atoms with van der Waals surface area (Å²) in [6.45, 7) is 8.49. The second-order valence-electron chi connectivity index (χ2n) is 8.09. The Morgan fingerprint density at radius 3 is 2.75 bits per heavy atom. The van der Waals surface area contributed by atoms with Crippen LogP contribution in [0.25, 0.3) is 11.3 Å². The quantitative estimate of drug-likeness (QED) is 0.236. The Kier molecular flexibility index (Phi) is 8.28. The molecule has 1 amide bonds. The number of aryl methyl sites for hydroxylation is 2. The molecular formula is C25H25ClFN5O2S2. The number of anilines is 1. The van der Waals surface area contributed by atoms with Gasteiger partial charge in [-0.2, -0.15) is 0 Å². The Hall–Kier alpha value is -2.95. The Bertz CT molecular complexity index is 1390. The number of carbonyl (C=O) groups is 1. The van der Waals surface area contributed by atoms with Gasteiger partial charge in [-0.25, -0.2) is 9.37 Å². The average molecular weight is 546 g/mol. The molecule has 1 N–H and O–H groups in total. The van der Waals surface area contributed by atoms with Crippen LogP contribution >= 0.6 is 34.7 Å². The molecular weight excluding hydrogens is 521 g/mol. The third kappa shape index (κ3) is 6.05. The van der Waals surface area contributed by atoms with Gasteiger partial charge >= 0.3 is 0 Å². The van der Waals surface area contributed by atoms with E-state index in [0.29, 0.717) is 28.4 Å². The number of rotatable bonds is 9. The number of benzene rings is 2. The van der Waals surface area contributed by atoms with Crippen molar-refractivity contribution in [1.82, 2.24) is 19.7 Å². The Morgan fingerprint density at radius 2 is 2.03 bits per heavy atom.